The van der Waals surface area contributed by atoms with Gasteiger partial charge in [0.1, 0.15) is 24.1 Å². The minimum atomic E-state index is -1.45. The molecule has 7 nitrogen and oxygen atoms in total. The van der Waals surface area contributed by atoms with Gasteiger partial charge < -0.3 is 29.5 Å². The molecule has 2 aliphatic rings. The van der Waals surface area contributed by atoms with Crippen molar-refractivity contribution in [1.29, 1.82) is 0 Å². The van der Waals surface area contributed by atoms with Crippen molar-refractivity contribution in [3.8, 4) is 0 Å². The molecule has 0 spiro atoms. The Morgan fingerprint density at radius 3 is 2.26 bits per heavy atom. The normalized spacial score (nSPS) is 43.4. The molecular formula is C12H18O7. The molecule has 3 N–H and O–H groups in total. The van der Waals surface area contributed by atoms with Crippen LogP contribution in [0, 0.1) is 0 Å². The molecule has 1 saturated heterocycles. The third-order valence-corrected chi connectivity index (χ3v) is 3.31. The highest BCUT2D eigenvalue weighted by molar-refractivity contribution is 5.99. The zero-order valence-electron chi connectivity index (χ0n) is 10.9. The Labute approximate surface area is 110 Å². The van der Waals surface area contributed by atoms with Gasteiger partial charge in [-0.05, 0) is 20.8 Å². The van der Waals surface area contributed by atoms with Crippen LogP contribution in [0.4, 0.5) is 0 Å². The minimum Gasteiger partial charge on any atom is -0.483 e. The predicted octanol–water partition coefficient (Wildman–Crippen LogP) is -0.950. The van der Waals surface area contributed by atoms with Crippen LogP contribution in [-0.2, 0) is 19.0 Å². The molecule has 2 heterocycles. The predicted molar refractivity (Wildman–Crippen MR) is 61.7 cm³/mol. The Balaban J connectivity index is 2.11. The molecular weight excluding hydrogens is 256 g/mol. The zero-order chi connectivity index (χ0) is 14.3. The highest BCUT2D eigenvalue weighted by Gasteiger charge is 2.45. The van der Waals surface area contributed by atoms with Gasteiger partial charge >= 0.3 is 0 Å². The Kier molecular flexibility index (Phi) is 3.82. The van der Waals surface area contributed by atoms with Crippen LogP contribution in [0.25, 0.3) is 0 Å². The average Bonchev–Trinajstić information content (AvgIpc) is 2.60. The van der Waals surface area contributed by atoms with Crippen LogP contribution in [0.2, 0.25) is 0 Å². The summed E-state index contributed by atoms with van der Waals surface area (Å²) >= 11 is 0. The molecule has 2 aliphatic heterocycles. The lowest BCUT2D eigenvalue weighted by Gasteiger charge is -2.38. The molecule has 2 rings (SSSR count). The lowest BCUT2D eigenvalue weighted by atomic mass is 10.00. The Morgan fingerprint density at radius 2 is 1.74 bits per heavy atom. The number of hydrogen-bond acceptors (Lipinski definition) is 7. The summed E-state index contributed by atoms with van der Waals surface area (Å²) in [6.07, 6.45) is -6.64. The van der Waals surface area contributed by atoms with Gasteiger partial charge in [-0.3, -0.25) is 4.79 Å². The van der Waals surface area contributed by atoms with Crippen molar-refractivity contribution < 1.29 is 34.3 Å². The van der Waals surface area contributed by atoms with E-state index in [9.17, 15) is 20.1 Å². The van der Waals surface area contributed by atoms with E-state index in [4.69, 9.17) is 14.2 Å². The summed E-state index contributed by atoms with van der Waals surface area (Å²) < 4.78 is 15.8. The van der Waals surface area contributed by atoms with Crippen molar-refractivity contribution in [2.75, 3.05) is 0 Å². The van der Waals surface area contributed by atoms with E-state index < -0.39 is 36.8 Å². The summed E-state index contributed by atoms with van der Waals surface area (Å²) in [6.45, 7) is 4.69. The van der Waals surface area contributed by atoms with Crippen molar-refractivity contribution >= 4 is 5.78 Å². The van der Waals surface area contributed by atoms with Crippen LogP contribution >= 0.6 is 0 Å². The highest BCUT2D eigenvalue weighted by Crippen LogP contribution is 2.28. The van der Waals surface area contributed by atoms with E-state index >= 15 is 0 Å². The van der Waals surface area contributed by atoms with E-state index in [2.05, 4.69) is 0 Å². The van der Waals surface area contributed by atoms with Crippen molar-refractivity contribution in [2.45, 2.75) is 57.6 Å². The zero-order valence-corrected chi connectivity index (χ0v) is 10.9. The maximum absolute atomic E-state index is 11.8. The third-order valence-electron chi connectivity index (χ3n) is 3.31. The summed E-state index contributed by atoms with van der Waals surface area (Å²) in [5.74, 6) is -0.0598. The average molecular weight is 274 g/mol. The first-order valence-corrected chi connectivity index (χ1v) is 6.11. The number of Topliss-reactive ketones (excluding diaryl/α,β-unsaturated/α-hetero) is 1. The van der Waals surface area contributed by atoms with Crippen molar-refractivity contribution in [3.63, 3.8) is 0 Å². The van der Waals surface area contributed by atoms with Gasteiger partial charge in [0.25, 0.3) is 0 Å². The van der Waals surface area contributed by atoms with Gasteiger partial charge in [0.15, 0.2) is 6.10 Å². The van der Waals surface area contributed by atoms with Crippen molar-refractivity contribution in [1.82, 2.24) is 0 Å². The molecule has 0 saturated carbocycles. The molecule has 0 aromatic heterocycles. The second kappa shape index (κ2) is 5.09. The molecule has 0 bridgehead atoms. The Hall–Kier alpha value is -1.15. The molecule has 0 unspecified atom stereocenters. The number of ether oxygens (including phenoxy) is 3. The molecule has 0 aliphatic carbocycles. The van der Waals surface area contributed by atoms with Crippen LogP contribution in [0.5, 0.6) is 0 Å². The van der Waals surface area contributed by atoms with E-state index in [-0.39, 0.29) is 11.5 Å². The Morgan fingerprint density at radius 1 is 1.11 bits per heavy atom. The summed E-state index contributed by atoms with van der Waals surface area (Å²) in [7, 11) is 0. The monoisotopic (exact) mass is 274 g/mol. The quantitative estimate of drug-likeness (QED) is 0.596. The summed E-state index contributed by atoms with van der Waals surface area (Å²) in [5.41, 5.74) is 0. The number of aliphatic hydroxyl groups is 3. The second-order valence-electron chi connectivity index (χ2n) is 4.81. The number of carbonyl (C=O) groups is 1. The number of hydrogen-bond donors (Lipinski definition) is 3. The van der Waals surface area contributed by atoms with Gasteiger partial charge in [-0.2, -0.15) is 0 Å². The van der Waals surface area contributed by atoms with Gasteiger partial charge in [0.05, 0.1) is 6.10 Å². The van der Waals surface area contributed by atoms with Crippen LogP contribution in [-0.4, -0.2) is 57.9 Å². The smallest absolute Gasteiger partial charge is 0.241 e. The summed E-state index contributed by atoms with van der Waals surface area (Å²) in [5, 5.41) is 29.0. The maximum Gasteiger partial charge on any atom is 0.241 e. The number of aliphatic hydroxyl groups excluding tert-OH is 3. The van der Waals surface area contributed by atoms with Crippen LogP contribution in [0.3, 0.4) is 0 Å². The van der Waals surface area contributed by atoms with Gasteiger partial charge in [0.2, 0.25) is 17.8 Å². The molecule has 1 fully saturated rings. The third kappa shape index (κ3) is 2.46. The first-order chi connectivity index (χ1) is 8.82. The molecule has 19 heavy (non-hydrogen) atoms. The van der Waals surface area contributed by atoms with E-state index in [1.54, 1.807) is 13.8 Å². The van der Waals surface area contributed by atoms with Crippen molar-refractivity contribution in [2.24, 2.45) is 0 Å². The molecule has 0 aromatic rings. The van der Waals surface area contributed by atoms with Gasteiger partial charge in [-0.25, -0.2) is 0 Å². The summed E-state index contributed by atoms with van der Waals surface area (Å²) in [6, 6.07) is 0. The minimum absolute atomic E-state index is 0.0210. The van der Waals surface area contributed by atoms with E-state index in [1.807, 2.05) is 0 Å². The van der Waals surface area contributed by atoms with E-state index in [0.29, 0.717) is 5.76 Å². The highest BCUT2D eigenvalue weighted by atomic mass is 16.7. The van der Waals surface area contributed by atoms with Crippen LogP contribution < -0.4 is 0 Å². The molecule has 0 aromatic carbocycles. The molecule has 6 atom stereocenters. The number of carbonyl (C=O) groups excluding carboxylic acids is 1. The lowest BCUT2D eigenvalue weighted by Crippen LogP contribution is -2.57. The molecule has 7 heteroatoms. The number of allylic oxidation sites excluding steroid dienone is 1. The molecule has 0 amide bonds. The molecule has 108 valence electrons. The van der Waals surface area contributed by atoms with Gasteiger partial charge in [-0.1, -0.05) is 0 Å². The number of rotatable bonds is 2. The van der Waals surface area contributed by atoms with Crippen LogP contribution in [0.15, 0.2) is 11.5 Å². The second-order valence-corrected chi connectivity index (χ2v) is 4.81. The van der Waals surface area contributed by atoms with Crippen molar-refractivity contribution in [3.05, 3.63) is 11.5 Å². The first kappa shape index (κ1) is 14.3. The molecule has 0 radical (unpaired) electrons. The largest absolute Gasteiger partial charge is 0.483 e. The SMILES string of the molecule is CC1=C(O[C@@H]2O[C@@H](C)[C@@H](O)[C@@H](O)[C@@H]2O)C(=O)[C@@H](C)O1. The fourth-order valence-electron chi connectivity index (χ4n) is 2.10. The maximum atomic E-state index is 11.8. The Bertz CT molecular complexity index is 405. The first-order valence-electron chi connectivity index (χ1n) is 6.11. The van der Waals surface area contributed by atoms with Gasteiger partial charge in [0, 0.05) is 0 Å². The van der Waals surface area contributed by atoms with Crippen LogP contribution in [0.1, 0.15) is 20.8 Å². The van der Waals surface area contributed by atoms with E-state index in [0.717, 1.165) is 0 Å². The lowest BCUT2D eigenvalue weighted by molar-refractivity contribution is -0.282. The standard InChI is InChI=1S/C12H18O7/c1-4-7(13)9(15)10(16)12(18-4)19-11-6(3)17-5(2)8(11)14/h4-5,7,9-10,12-13,15-16H,1-3H3/t4-,5+,7+,9+,10-,12-/m0/s1. The number of ketones is 1. The summed E-state index contributed by atoms with van der Waals surface area (Å²) in [4.78, 5) is 11.8. The van der Waals surface area contributed by atoms with E-state index in [1.165, 1.54) is 6.92 Å². The topological polar surface area (TPSA) is 105 Å². The fraction of sp³-hybridized carbons (Fsp3) is 0.750. The fourth-order valence-corrected chi connectivity index (χ4v) is 2.10. The van der Waals surface area contributed by atoms with Gasteiger partial charge in [-0.15, -0.1) is 0 Å².